The van der Waals surface area contributed by atoms with Crippen LogP contribution in [0.15, 0.2) is 54.1 Å². The summed E-state index contributed by atoms with van der Waals surface area (Å²) in [5.74, 6) is 0.843. The van der Waals surface area contributed by atoms with Crippen LogP contribution in [0.4, 0.5) is 5.69 Å². The van der Waals surface area contributed by atoms with Crippen LogP contribution in [0.1, 0.15) is 37.8 Å². The Morgan fingerprint density at radius 1 is 1.15 bits per heavy atom. The lowest BCUT2D eigenvalue weighted by Crippen LogP contribution is -2.38. The first kappa shape index (κ1) is 20.1. The average molecular weight is 359 g/mol. The second-order valence-electron chi connectivity index (χ2n) is 6.40. The highest BCUT2D eigenvalue weighted by molar-refractivity contribution is 5.66. The molecule has 0 heterocycles. The monoisotopic (exact) mass is 359 g/mol. The normalized spacial score (nSPS) is 11.0. The van der Waals surface area contributed by atoms with Crippen molar-refractivity contribution in [1.82, 2.24) is 0 Å². The summed E-state index contributed by atoms with van der Waals surface area (Å²) < 4.78 is 6.13. The van der Waals surface area contributed by atoms with Crippen molar-refractivity contribution in [3.05, 3.63) is 65.2 Å². The molecule has 4 nitrogen and oxygen atoms in total. The fraction of sp³-hybridized carbons (Fsp3) is 0.304. The number of ether oxygens (including phenoxy) is 1. The van der Waals surface area contributed by atoms with Crippen molar-refractivity contribution in [2.45, 2.75) is 39.8 Å². The average Bonchev–Trinajstić information content (AvgIpc) is 2.68. The molecule has 0 spiro atoms. The minimum atomic E-state index is -0.117. The van der Waals surface area contributed by atoms with Crippen molar-refractivity contribution in [2.24, 2.45) is 0 Å². The zero-order chi connectivity index (χ0) is 19.6. The summed E-state index contributed by atoms with van der Waals surface area (Å²) in [4.78, 5) is 2.24. The first-order valence-corrected chi connectivity index (χ1v) is 9.20. The topological polar surface area (TPSA) is 60.0 Å². The van der Waals surface area contributed by atoms with E-state index in [1.165, 1.54) is 0 Å². The van der Waals surface area contributed by atoms with Gasteiger partial charge >= 0.3 is 0 Å². The molecule has 0 radical (unpaired) electrons. The Morgan fingerprint density at radius 2 is 1.85 bits per heavy atom. The van der Waals surface area contributed by atoms with Gasteiger partial charge in [0.15, 0.2) is 6.23 Å². The maximum absolute atomic E-state index is 8.97. The van der Waals surface area contributed by atoms with E-state index >= 15 is 0 Å². The van der Waals surface area contributed by atoms with Crippen LogP contribution in [0.5, 0.6) is 5.75 Å². The number of hydrogen-bond acceptors (Lipinski definition) is 4. The van der Waals surface area contributed by atoms with Crippen LogP contribution in [0.25, 0.3) is 6.08 Å². The van der Waals surface area contributed by atoms with Crippen molar-refractivity contribution in [3.8, 4) is 17.9 Å². The van der Waals surface area contributed by atoms with E-state index in [2.05, 4.69) is 24.8 Å². The summed E-state index contributed by atoms with van der Waals surface area (Å²) in [7, 11) is 0. The van der Waals surface area contributed by atoms with E-state index in [1.807, 2.05) is 61.5 Å². The van der Waals surface area contributed by atoms with Gasteiger partial charge in [-0.3, -0.25) is 0 Å². The zero-order valence-electron chi connectivity index (χ0n) is 16.1. The third-order valence-electron chi connectivity index (χ3n) is 4.37. The Bertz CT molecular complexity index is 843. The van der Waals surface area contributed by atoms with Crippen molar-refractivity contribution < 1.29 is 4.74 Å². The largest absolute Gasteiger partial charge is 0.471 e. The molecule has 1 atom stereocenters. The predicted octanol–water partition coefficient (Wildman–Crippen LogP) is 5.46. The Labute approximate surface area is 161 Å². The quantitative estimate of drug-likeness (QED) is 0.464. The van der Waals surface area contributed by atoms with Gasteiger partial charge in [0.2, 0.25) is 0 Å². The molecule has 1 unspecified atom stereocenters. The zero-order valence-corrected chi connectivity index (χ0v) is 16.1. The number of aryl methyl sites for hydroxylation is 1. The van der Waals surface area contributed by atoms with E-state index in [0.717, 1.165) is 42.0 Å². The van der Waals surface area contributed by atoms with Gasteiger partial charge in [0.05, 0.1) is 0 Å². The predicted molar refractivity (Wildman–Crippen MR) is 109 cm³/mol. The van der Waals surface area contributed by atoms with E-state index in [9.17, 15) is 0 Å². The molecule has 0 bridgehead atoms. The van der Waals surface area contributed by atoms with E-state index in [4.69, 9.17) is 15.3 Å². The number of rotatable bonds is 8. The number of nitriles is 2. The highest BCUT2D eigenvalue weighted by Gasteiger charge is 2.16. The van der Waals surface area contributed by atoms with Crippen molar-refractivity contribution >= 4 is 11.8 Å². The fourth-order valence-corrected chi connectivity index (χ4v) is 2.85. The summed E-state index contributed by atoms with van der Waals surface area (Å²) in [5.41, 5.74) is 3.07. The molecule has 2 aromatic rings. The van der Waals surface area contributed by atoms with Gasteiger partial charge in [0, 0.05) is 12.2 Å². The van der Waals surface area contributed by atoms with E-state index in [1.54, 1.807) is 6.08 Å². The van der Waals surface area contributed by atoms with Crippen molar-refractivity contribution in [3.63, 3.8) is 0 Å². The summed E-state index contributed by atoms with van der Waals surface area (Å²) in [6.45, 7) is 7.10. The molecule has 0 N–H and O–H groups in total. The van der Waals surface area contributed by atoms with Crippen molar-refractivity contribution in [2.75, 3.05) is 11.4 Å². The van der Waals surface area contributed by atoms with E-state index in [-0.39, 0.29) is 11.8 Å². The highest BCUT2D eigenvalue weighted by Crippen LogP contribution is 2.24. The van der Waals surface area contributed by atoms with Gasteiger partial charge in [-0.25, -0.2) is 0 Å². The van der Waals surface area contributed by atoms with Gasteiger partial charge in [0.25, 0.3) is 0 Å². The molecular weight excluding hydrogens is 334 g/mol. The SMILES string of the molecule is CCCCN(c1ccc(C=C(C#N)C#N)c(C)c1)C(C)Oc1ccccc1. The summed E-state index contributed by atoms with van der Waals surface area (Å²) in [6.07, 6.45) is 3.67. The molecule has 27 heavy (non-hydrogen) atoms. The third kappa shape index (κ3) is 5.62. The number of hydrogen-bond donors (Lipinski definition) is 0. The van der Waals surface area contributed by atoms with Gasteiger partial charge in [-0.15, -0.1) is 0 Å². The molecule has 0 saturated carbocycles. The van der Waals surface area contributed by atoms with Crippen LogP contribution in [0.2, 0.25) is 0 Å². The Morgan fingerprint density at radius 3 is 2.44 bits per heavy atom. The van der Waals surface area contributed by atoms with E-state index < -0.39 is 0 Å². The second-order valence-corrected chi connectivity index (χ2v) is 6.40. The highest BCUT2D eigenvalue weighted by atomic mass is 16.5. The molecule has 0 aromatic heterocycles. The number of para-hydroxylation sites is 1. The van der Waals surface area contributed by atoms with Crippen LogP contribution in [0, 0.1) is 29.6 Å². The van der Waals surface area contributed by atoms with Gasteiger partial charge < -0.3 is 9.64 Å². The molecule has 2 rings (SSSR count). The molecule has 0 aliphatic carbocycles. The van der Waals surface area contributed by atoms with Gasteiger partial charge in [-0.1, -0.05) is 37.6 Å². The minimum Gasteiger partial charge on any atom is -0.471 e. The summed E-state index contributed by atoms with van der Waals surface area (Å²) in [5, 5.41) is 17.9. The van der Waals surface area contributed by atoms with Crippen LogP contribution in [-0.4, -0.2) is 12.8 Å². The van der Waals surface area contributed by atoms with E-state index in [0.29, 0.717) is 0 Å². The number of allylic oxidation sites excluding steroid dienone is 1. The molecule has 4 heteroatoms. The first-order chi connectivity index (χ1) is 13.1. The lowest BCUT2D eigenvalue weighted by atomic mass is 10.0. The molecule has 0 saturated heterocycles. The minimum absolute atomic E-state index is 0.106. The van der Waals surface area contributed by atoms with Crippen LogP contribution in [-0.2, 0) is 0 Å². The molecule has 0 aliphatic heterocycles. The van der Waals surface area contributed by atoms with Crippen LogP contribution in [0.3, 0.4) is 0 Å². The fourth-order valence-electron chi connectivity index (χ4n) is 2.85. The molecule has 0 amide bonds. The van der Waals surface area contributed by atoms with Crippen molar-refractivity contribution in [1.29, 1.82) is 10.5 Å². The molecule has 138 valence electrons. The number of nitrogens with zero attached hydrogens (tertiary/aromatic N) is 3. The maximum Gasteiger partial charge on any atom is 0.169 e. The number of unbranched alkanes of at least 4 members (excludes halogenated alkanes) is 1. The molecule has 0 aliphatic rings. The Hall–Kier alpha value is -3.24. The smallest absolute Gasteiger partial charge is 0.169 e. The Balaban J connectivity index is 2.28. The molecule has 0 fully saturated rings. The third-order valence-corrected chi connectivity index (χ3v) is 4.37. The lowest BCUT2D eigenvalue weighted by Gasteiger charge is -2.32. The number of anilines is 1. The maximum atomic E-state index is 8.97. The molecular formula is C23H25N3O. The van der Waals surface area contributed by atoms with Gasteiger partial charge in [-0.2, -0.15) is 10.5 Å². The van der Waals surface area contributed by atoms with Gasteiger partial charge in [0.1, 0.15) is 23.5 Å². The summed E-state index contributed by atoms with van der Waals surface area (Å²) >= 11 is 0. The van der Waals surface area contributed by atoms with Gasteiger partial charge in [-0.05, 0) is 61.7 Å². The lowest BCUT2D eigenvalue weighted by molar-refractivity contribution is 0.214. The molecule has 2 aromatic carbocycles. The first-order valence-electron chi connectivity index (χ1n) is 9.20. The Kier molecular flexibility index (Phi) is 7.47. The van der Waals surface area contributed by atoms with Crippen LogP contribution >= 0.6 is 0 Å². The second kappa shape index (κ2) is 10.0. The number of benzene rings is 2. The summed E-state index contributed by atoms with van der Waals surface area (Å²) in [6, 6.07) is 19.7. The standard InChI is InChI=1S/C23H25N3O/c1-4-5-13-26(19(3)27-23-9-7-6-8-10-23)22-12-11-21(18(2)14-22)15-20(16-24)17-25/h6-12,14-15,19H,4-5,13H2,1-3H3. The van der Waals surface area contributed by atoms with Crippen LogP contribution < -0.4 is 9.64 Å².